The highest BCUT2D eigenvalue weighted by Gasteiger charge is 2.60. The Kier molecular flexibility index (Phi) is 7.60. The summed E-state index contributed by atoms with van der Waals surface area (Å²) in [6, 6.07) is 26.1. The van der Waals surface area contributed by atoms with Gasteiger partial charge in [-0.3, -0.25) is 0 Å². The fourth-order valence-electron chi connectivity index (χ4n) is 4.37. The van der Waals surface area contributed by atoms with E-state index in [4.69, 9.17) is 18.9 Å². The number of ether oxygens (including phenoxy) is 4. The molecular weight excluding hydrogens is 439 g/mol. The maximum Gasteiger partial charge on any atom is 0.192 e. The standard InChI is InChI=1S/C27H29FO6/c1-31-21-15-13-20(14-16-21)25(27(17-29)24(30)22(28)26(32-2)34-27)33-23(18-9-5-3-6-10-18)19-11-7-4-8-12-19/h3-16,22-26,29-30H,17H2,1-2H3/t22-,24-,25?,26+,27+/m0/s1. The van der Waals surface area contributed by atoms with Crippen LogP contribution in [-0.4, -0.2) is 55.2 Å². The second-order valence-corrected chi connectivity index (χ2v) is 8.21. The molecule has 1 saturated heterocycles. The van der Waals surface area contributed by atoms with Gasteiger partial charge in [-0.25, -0.2) is 4.39 Å². The molecule has 5 atom stereocenters. The molecule has 34 heavy (non-hydrogen) atoms. The van der Waals surface area contributed by atoms with Gasteiger partial charge >= 0.3 is 0 Å². The number of hydrogen-bond donors (Lipinski definition) is 2. The van der Waals surface area contributed by atoms with Crippen molar-refractivity contribution in [1.82, 2.24) is 0 Å². The normalized spacial score (nSPS) is 25.4. The topological polar surface area (TPSA) is 77.4 Å². The Labute approximate surface area is 198 Å². The third-order valence-electron chi connectivity index (χ3n) is 6.22. The van der Waals surface area contributed by atoms with Gasteiger partial charge in [-0.05, 0) is 28.8 Å². The zero-order chi connectivity index (χ0) is 24.1. The molecule has 2 N–H and O–H groups in total. The van der Waals surface area contributed by atoms with Crippen LogP contribution in [0.4, 0.5) is 4.39 Å². The first kappa shape index (κ1) is 24.3. The molecule has 0 saturated carbocycles. The molecule has 3 aromatic rings. The zero-order valence-corrected chi connectivity index (χ0v) is 19.1. The predicted octanol–water partition coefficient (Wildman–Crippen LogP) is 3.98. The first-order valence-electron chi connectivity index (χ1n) is 11.1. The van der Waals surface area contributed by atoms with Crippen LogP contribution in [0.3, 0.4) is 0 Å². The van der Waals surface area contributed by atoms with E-state index in [1.807, 2.05) is 60.7 Å². The third-order valence-corrected chi connectivity index (χ3v) is 6.22. The smallest absolute Gasteiger partial charge is 0.192 e. The van der Waals surface area contributed by atoms with Crippen LogP contribution in [0.15, 0.2) is 84.9 Å². The highest BCUT2D eigenvalue weighted by molar-refractivity contribution is 5.34. The summed E-state index contributed by atoms with van der Waals surface area (Å²) in [6.45, 7) is -0.693. The fraction of sp³-hybridized carbons (Fsp3) is 0.333. The van der Waals surface area contributed by atoms with Crippen molar-refractivity contribution in [2.45, 2.75) is 36.4 Å². The molecule has 0 aliphatic carbocycles. The Morgan fingerprint density at radius 3 is 1.88 bits per heavy atom. The number of rotatable bonds is 9. The van der Waals surface area contributed by atoms with Crippen LogP contribution in [-0.2, 0) is 14.2 Å². The Bertz CT molecular complexity index is 993. The molecule has 4 rings (SSSR count). The largest absolute Gasteiger partial charge is 0.497 e. The quantitative estimate of drug-likeness (QED) is 0.495. The summed E-state index contributed by atoms with van der Waals surface area (Å²) in [5.74, 6) is 0.620. The number of halogens is 1. The van der Waals surface area contributed by atoms with Crippen molar-refractivity contribution < 1.29 is 33.6 Å². The van der Waals surface area contributed by atoms with E-state index in [0.717, 1.165) is 11.1 Å². The molecule has 1 fully saturated rings. The summed E-state index contributed by atoms with van der Waals surface area (Å²) >= 11 is 0. The van der Waals surface area contributed by atoms with Crippen molar-refractivity contribution in [3.8, 4) is 5.75 Å². The molecule has 0 aromatic heterocycles. The highest BCUT2D eigenvalue weighted by atomic mass is 19.1. The fourth-order valence-corrected chi connectivity index (χ4v) is 4.37. The number of aliphatic hydroxyl groups excluding tert-OH is 2. The van der Waals surface area contributed by atoms with E-state index in [9.17, 15) is 14.6 Å². The maximum absolute atomic E-state index is 15.0. The zero-order valence-electron chi connectivity index (χ0n) is 19.1. The molecular formula is C27H29FO6. The first-order chi connectivity index (χ1) is 16.5. The molecule has 1 aliphatic rings. The van der Waals surface area contributed by atoms with Gasteiger partial charge in [-0.1, -0.05) is 72.8 Å². The van der Waals surface area contributed by atoms with E-state index >= 15 is 0 Å². The van der Waals surface area contributed by atoms with Crippen molar-refractivity contribution in [1.29, 1.82) is 0 Å². The number of hydrogen-bond acceptors (Lipinski definition) is 6. The first-order valence-corrected chi connectivity index (χ1v) is 11.1. The van der Waals surface area contributed by atoms with Crippen molar-refractivity contribution >= 4 is 0 Å². The predicted molar refractivity (Wildman–Crippen MR) is 124 cm³/mol. The van der Waals surface area contributed by atoms with Crippen molar-refractivity contribution in [2.75, 3.05) is 20.8 Å². The van der Waals surface area contributed by atoms with Gasteiger partial charge in [0.15, 0.2) is 18.1 Å². The monoisotopic (exact) mass is 468 g/mol. The minimum absolute atomic E-state index is 0.578. The lowest BCUT2D eigenvalue weighted by atomic mass is 9.85. The maximum atomic E-state index is 15.0. The number of aliphatic hydroxyl groups is 2. The molecule has 0 amide bonds. The number of methoxy groups -OCH3 is 2. The van der Waals surface area contributed by atoms with E-state index in [0.29, 0.717) is 11.3 Å². The lowest BCUT2D eigenvalue weighted by Crippen LogP contribution is -2.51. The molecule has 3 aromatic carbocycles. The van der Waals surface area contributed by atoms with Crippen molar-refractivity contribution in [3.05, 3.63) is 102 Å². The lowest BCUT2D eigenvalue weighted by molar-refractivity contribution is -0.235. The molecule has 0 bridgehead atoms. The average molecular weight is 469 g/mol. The molecule has 0 spiro atoms. The lowest BCUT2D eigenvalue weighted by Gasteiger charge is -2.39. The second-order valence-electron chi connectivity index (χ2n) is 8.21. The molecule has 7 heteroatoms. The van der Waals surface area contributed by atoms with Crippen LogP contribution in [0.1, 0.15) is 28.9 Å². The Balaban J connectivity index is 1.83. The molecule has 1 unspecified atom stereocenters. The SMILES string of the molecule is COc1ccc(C(OC(c2ccccc2)c2ccccc2)[C@]2(CO)O[C@@H](OC)[C@@H](F)[C@@H]2O)cc1. The van der Waals surface area contributed by atoms with Gasteiger partial charge in [0, 0.05) is 7.11 Å². The molecule has 180 valence electrons. The van der Waals surface area contributed by atoms with Crippen LogP contribution in [0.2, 0.25) is 0 Å². The summed E-state index contributed by atoms with van der Waals surface area (Å²) in [6.07, 6.45) is -6.55. The Hall–Kier alpha value is -2.81. The third kappa shape index (κ3) is 4.58. The van der Waals surface area contributed by atoms with E-state index < -0.39 is 43.0 Å². The summed E-state index contributed by atoms with van der Waals surface area (Å²) in [4.78, 5) is 0. The van der Waals surface area contributed by atoms with Gasteiger partial charge < -0.3 is 29.2 Å². The van der Waals surface area contributed by atoms with Crippen LogP contribution in [0.5, 0.6) is 5.75 Å². The summed E-state index contributed by atoms with van der Waals surface area (Å²) in [7, 11) is 2.84. The van der Waals surface area contributed by atoms with Crippen LogP contribution < -0.4 is 4.74 Å². The summed E-state index contributed by atoms with van der Waals surface area (Å²) < 4.78 is 37.9. The number of benzene rings is 3. The minimum atomic E-state index is -1.87. The minimum Gasteiger partial charge on any atom is -0.497 e. The highest BCUT2D eigenvalue weighted by Crippen LogP contribution is 2.47. The van der Waals surface area contributed by atoms with Crippen LogP contribution >= 0.6 is 0 Å². The second kappa shape index (κ2) is 10.6. The Morgan fingerprint density at radius 1 is 0.882 bits per heavy atom. The molecule has 6 nitrogen and oxygen atoms in total. The van der Waals surface area contributed by atoms with E-state index in [1.165, 1.54) is 7.11 Å². The van der Waals surface area contributed by atoms with E-state index in [2.05, 4.69) is 0 Å². The van der Waals surface area contributed by atoms with E-state index in [-0.39, 0.29) is 0 Å². The summed E-state index contributed by atoms with van der Waals surface area (Å²) in [5, 5.41) is 21.4. The summed E-state index contributed by atoms with van der Waals surface area (Å²) in [5.41, 5.74) is 0.478. The molecule has 0 radical (unpaired) electrons. The van der Waals surface area contributed by atoms with Crippen LogP contribution in [0, 0.1) is 0 Å². The van der Waals surface area contributed by atoms with Gasteiger partial charge in [-0.15, -0.1) is 0 Å². The van der Waals surface area contributed by atoms with Gasteiger partial charge in [0.25, 0.3) is 0 Å². The van der Waals surface area contributed by atoms with Gasteiger partial charge in [0.2, 0.25) is 0 Å². The van der Waals surface area contributed by atoms with Gasteiger partial charge in [-0.2, -0.15) is 0 Å². The average Bonchev–Trinajstić information content (AvgIpc) is 3.16. The Morgan fingerprint density at radius 2 is 1.44 bits per heavy atom. The van der Waals surface area contributed by atoms with Crippen molar-refractivity contribution in [2.24, 2.45) is 0 Å². The molecule has 1 heterocycles. The van der Waals surface area contributed by atoms with E-state index in [1.54, 1.807) is 31.4 Å². The van der Waals surface area contributed by atoms with Gasteiger partial charge in [0.05, 0.1) is 13.7 Å². The van der Waals surface area contributed by atoms with Crippen LogP contribution in [0.25, 0.3) is 0 Å². The number of alkyl halides is 1. The van der Waals surface area contributed by atoms with Crippen molar-refractivity contribution in [3.63, 3.8) is 0 Å². The van der Waals surface area contributed by atoms with Gasteiger partial charge in [0.1, 0.15) is 24.1 Å². The molecule has 1 aliphatic heterocycles.